The molecule has 1 amide bonds. The van der Waals surface area contributed by atoms with Gasteiger partial charge in [-0.05, 0) is 47.9 Å². The molecule has 3 aromatic carbocycles. The van der Waals surface area contributed by atoms with E-state index in [2.05, 4.69) is 4.98 Å². The van der Waals surface area contributed by atoms with Crippen molar-refractivity contribution in [1.29, 1.82) is 0 Å². The number of esters is 1. The predicted octanol–water partition coefficient (Wildman–Crippen LogP) is 4.48. The van der Waals surface area contributed by atoms with Crippen LogP contribution in [0.3, 0.4) is 0 Å². The zero-order chi connectivity index (χ0) is 26.1. The van der Waals surface area contributed by atoms with E-state index in [0.29, 0.717) is 17.5 Å². The third kappa shape index (κ3) is 4.33. The minimum absolute atomic E-state index is 0.0830. The highest BCUT2D eigenvalue weighted by atomic mass is 16.5. The molecule has 1 aliphatic heterocycles. The number of nitrogens with zero attached hydrogens (tertiary/aromatic N) is 1. The number of aromatic hydroxyl groups is 1. The number of para-hydroxylation sites is 1. The number of Topliss-reactive ketones (excluding diaryl/α,β-unsaturated/α-hetero) is 1. The molecule has 0 radical (unpaired) electrons. The van der Waals surface area contributed by atoms with E-state index in [9.17, 15) is 24.6 Å². The van der Waals surface area contributed by atoms with Crippen molar-refractivity contribution in [3.05, 3.63) is 113 Å². The molecule has 37 heavy (non-hydrogen) atoms. The topological polar surface area (TPSA) is 120 Å². The summed E-state index contributed by atoms with van der Waals surface area (Å²) in [5.41, 5.74) is 2.89. The van der Waals surface area contributed by atoms with Crippen LogP contribution in [0.4, 0.5) is 0 Å². The van der Waals surface area contributed by atoms with Gasteiger partial charge in [-0.2, -0.15) is 0 Å². The van der Waals surface area contributed by atoms with Crippen LogP contribution in [0.25, 0.3) is 10.9 Å². The van der Waals surface area contributed by atoms with Crippen LogP contribution < -0.4 is 0 Å². The normalized spacial score (nSPS) is 15.4. The predicted molar refractivity (Wildman–Crippen MR) is 136 cm³/mol. The van der Waals surface area contributed by atoms with Crippen LogP contribution in [-0.4, -0.2) is 51.4 Å². The van der Waals surface area contributed by atoms with Crippen LogP contribution in [0.15, 0.2) is 90.3 Å². The highest BCUT2D eigenvalue weighted by Gasteiger charge is 2.43. The number of methoxy groups -OCH3 is 1. The van der Waals surface area contributed by atoms with E-state index in [0.717, 1.165) is 16.5 Å². The van der Waals surface area contributed by atoms with Gasteiger partial charge in [0.15, 0.2) is 11.5 Å². The molecule has 0 fully saturated rings. The Bertz CT molecular complexity index is 1550. The Morgan fingerprint density at radius 1 is 0.973 bits per heavy atom. The molecule has 186 valence electrons. The number of H-pyrrole nitrogens is 1. The number of fused-ring (bicyclic) bond motifs is 1. The number of ketones is 1. The molecule has 0 spiro atoms. The standard InChI is InChI=1S/C29H24N2O6/c1-37-29(36)18-11-9-17(10-12-18)25-24(26(33)19-5-4-6-21(32)15-19)27(34)28(35)31(25)14-13-20-16-30-23-8-3-2-7-22(20)23/h2-12,15-16,25,30,32,34H,13-14H2,1H3. The minimum atomic E-state index is -0.890. The van der Waals surface area contributed by atoms with Crippen molar-refractivity contribution in [3.8, 4) is 5.75 Å². The molecule has 0 aliphatic carbocycles. The summed E-state index contributed by atoms with van der Waals surface area (Å²) in [5.74, 6) is -2.48. The molecule has 8 nitrogen and oxygen atoms in total. The number of rotatable bonds is 7. The molecular weight excluding hydrogens is 472 g/mol. The fraction of sp³-hybridized carbons (Fsp3) is 0.138. The smallest absolute Gasteiger partial charge is 0.337 e. The Kier molecular flexibility index (Phi) is 6.23. The number of aliphatic hydroxyl groups excluding tert-OH is 1. The van der Waals surface area contributed by atoms with E-state index in [1.54, 1.807) is 24.3 Å². The monoisotopic (exact) mass is 496 g/mol. The highest BCUT2D eigenvalue weighted by Crippen LogP contribution is 2.39. The molecule has 1 unspecified atom stereocenters. The number of phenols is 1. The van der Waals surface area contributed by atoms with E-state index in [-0.39, 0.29) is 23.4 Å². The maximum atomic E-state index is 13.5. The zero-order valence-corrected chi connectivity index (χ0v) is 20.0. The molecule has 0 bridgehead atoms. The van der Waals surface area contributed by atoms with Crippen LogP contribution in [0.1, 0.15) is 37.9 Å². The van der Waals surface area contributed by atoms with Crippen LogP contribution in [0, 0.1) is 0 Å². The Labute approximate surface area is 212 Å². The van der Waals surface area contributed by atoms with Gasteiger partial charge < -0.3 is 24.8 Å². The van der Waals surface area contributed by atoms with Crippen LogP contribution in [0.5, 0.6) is 5.75 Å². The summed E-state index contributed by atoms with van der Waals surface area (Å²) in [4.78, 5) is 43.4. The van der Waals surface area contributed by atoms with Gasteiger partial charge in [0.05, 0.1) is 24.3 Å². The van der Waals surface area contributed by atoms with Crippen molar-refractivity contribution in [2.45, 2.75) is 12.5 Å². The van der Waals surface area contributed by atoms with Gasteiger partial charge in [0, 0.05) is 29.2 Å². The summed E-state index contributed by atoms with van der Waals surface area (Å²) in [5, 5.41) is 21.8. The first-order valence-corrected chi connectivity index (χ1v) is 11.7. The third-order valence-electron chi connectivity index (χ3n) is 6.60. The number of carbonyl (C=O) groups is 3. The second kappa shape index (κ2) is 9.66. The summed E-state index contributed by atoms with van der Waals surface area (Å²) >= 11 is 0. The number of aromatic amines is 1. The molecule has 1 atom stereocenters. The minimum Gasteiger partial charge on any atom is -0.508 e. The third-order valence-corrected chi connectivity index (χ3v) is 6.60. The quantitative estimate of drug-likeness (QED) is 0.256. The zero-order valence-electron chi connectivity index (χ0n) is 20.0. The average Bonchev–Trinajstić information content (AvgIpc) is 3.44. The van der Waals surface area contributed by atoms with Crippen molar-refractivity contribution < 1.29 is 29.3 Å². The van der Waals surface area contributed by atoms with Gasteiger partial charge >= 0.3 is 5.97 Å². The molecule has 3 N–H and O–H groups in total. The molecule has 4 aromatic rings. The second-order valence-electron chi connectivity index (χ2n) is 8.77. The second-order valence-corrected chi connectivity index (χ2v) is 8.77. The van der Waals surface area contributed by atoms with Gasteiger partial charge in [-0.15, -0.1) is 0 Å². The number of hydrogen-bond acceptors (Lipinski definition) is 6. The number of hydrogen-bond donors (Lipinski definition) is 3. The first-order chi connectivity index (χ1) is 17.9. The number of nitrogens with one attached hydrogen (secondary N) is 1. The Hall–Kier alpha value is -4.85. The summed E-state index contributed by atoms with van der Waals surface area (Å²) in [6.45, 7) is 0.227. The molecular formula is C29H24N2O6. The summed E-state index contributed by atoms with van der Waals surface area (Å²) in [6.07, 6.45) is 2.37. The van der Waals surface area contributed by atoms with Crippen molar-refractivity contribution in [3.63, 3.8) is 0 Å². The maximum absolute atomic E-state index is 13.5. The van der Waals surface area contributed by atoms with E-state index < -0.39 is 29.5 Å². The van der Waals surface area contributed by atoms with Crippen LogP contribution in [0.2, 0.25) is 0 Å². The van der Waals surface area contributed by atoms with Gasteiger partial charge in [0.25, 0.3) is 5.91 Å². The Morgan fingerprint density at radius 3 is 2.46 bits per heavy atom. The van der Waals surface area contributed by atoms with Gasteiger partial charge in [0.2, 0.25) is 0 Å². The fourth-order valence-corrected chi connectivity index (χ4v) is 4.76. The van der Waals surface area contributed by atoms with Gasteiger partial charge in [-0.25, -0.2) is 4.79 Å². The van der Waals surface area contributed by atoms with Gasteiger partial charge in [-0.1, -0.05) is 42.5 Å². The van der Waals surface area contributed by atoms with Gasteiger partial charge in [0.1, 0.15) is 5.75 Å². The largest absolute Gasteiger partial charge is 0.508 e. The van der Waals surface area contributed by atoms with E-state index >= 15 is 0 Å². The average molecular weight is 497 g/mol. The van der Waals surface area contributed by atoms with Crippen molar-refractivity contribution >= 4 is 28.6 Å². The highest BCUT2D eigenvalue weighted by molar-refractivity contribution is 6.16. The Balaban J connectivity index is 1.53. The summed E-state index contributed by atoms with van der Waals surface area (Å²) < 4.78 is 4.77. The maximum Gasteiger partial charge on any atom is 0.337 e. The molecule has 0 saturated carbocycles. The number of carbonyl (C=O) groups excluding carboxylic acids is 3. The molecule has 8 heteroatoms. The first kappa shape index (κ1) is 23.9. The lowest BCUT2D eigenvalue weighted by molar-refractivity contribution is -0.129. The fourth-order valence-electron chi connectivity index (χ4n) is 4.76. The van der Waals surface area contributed by atoms with Crippen LogP contribution >= 0.6 is 0 Å². The lowest BCUT2D eigenvalue weighted by Crippen LogP contribution is -2.33. The number of amides is 1. The SMILES string of the molecule is COC(=O)c1ccc(C2C(C(=O)c3cccc(O)c3)=C(O)C(=O)N2CCc2c[nH]c3ccccc23)cc1. The van der Waals surface area contributed by atoms with E-state index in [1.807, 2.05) is 30.5 Å². The summed E-state index contributed by atoms with van der Waals surface area (Å²) in [6, 6.07) is 19.1. The van der Waals surface area contributed by atoms with E-state index in [4.69, 9.17) is 4.74 Å². The van der Waals surface area contributed by atoms with Crippen molar-refractivity contribution in [2.75, 3.05) is 13.7 Å². The van der Waals surface area contributed by atoms with Crippen molar-refractivity contribution in [2.24, 2.45) is 0 Å². The number of phenolic OH excluding ortho intramolecular Hbond substituents is 1. The molecule has 2 heterocycles. The first-order valence-electron chi connectivity index (χ1n) is 11.7. The number of ether oxygens (including phenoxy) is 1. The lowest BCUT2D eigenvalue weighted by Gasteiger charge is -2.27. The number of aromatic nitrogens is 1. The molecule has 1 aliphatic rings. The van der Waals surface area contributed by atoms with E-state index in [1.165, 1.54) is 36.3 Å². The molecule has 0 saturated heterocycles. The number of benzene rings is 3. The lowest BCUT2D eigenvalue weighted by atomic mass is 9.92. The molecule has 5 rings (SSSR count). The van der Waals surface area contributed by atoms with Gasteiger partial charge in [-0.3, -0.25) is 9.59 Å². The summed E-state index contributed by atoms with van der Waals surface area (Å²) in [7, 11) is 1.28. The van der Waals surface area contributed by atoms with Crippen LogP contribution in [-0.2, 0) is 16.0 Å². The number of aliphatic hydroxyl groups is 1. The van der Waals surface area contributed by atoms with Crippen molar-refractivity contribution in [1.82, 2.24) is 9.88 Å². The Morgan fingerprint density at radius 2 is 1.73 bits per heavy atom. The molecule has 1 aromatic heterocycles.